The third-order valence-electron chi connectivity index (χ3n) is 3.73. The van der Waals surface area contributed by atoms with Gasteiger partial charge in [0, 0.05) is 43.0 Å². The van der Waals surface area contributed by atoms with Gasteiger partial charge in [-0.25, -0.2) is 0 Å². The number of non-ortho nitro benzene ring substituents is 1. The van der Waals surface area contributed by atoms with Crippen molar-refractivity contribution in [3.05, 3.63) is 52.1 Å². The molecule has 2 N–H and O–H groups in total. The van der Waals surface area contributed by atoms with E-state index in [1.54, 1.807) is 25.2 Å². The quantitative estimate of drug-likeness (QED) is 0.653. The zero-order chi connectivity index (χ0) is 17.8. The monoisotopic (exact) mass is 343 g/mol. The Hall–Kier alpha value is -3.29. The summed E-state index contributed by atoms with van der Waals surface area (Å²) < 4.78 is 11.1. The molecule has 2 aromatic rings. The second kappa shape index (κ2) is 7.08. The van der Waals surface area contributed by atoms with Crippen LogP contribution in [-0.4, -0.2) is 31.1 Å². The number of rotatable bonds is 4. The SMILES string of the molecule is CNc1ccc([N+](=O)[O-])cc1C(=O)Nc1ccc2c(c1)OCCCO2. The van der Waals surface area contributed by atoms with Crippen LogP contribution in [-0.2, 0) is 0 Å². The molecule has 0 atom stereocenters. The molecule has 0 radical (unpaired) electrons. The van der Waals surface area contributed by atoms with Gasteiger partial charge in [0.15, 0.2) is 11.5 Å². The first-order valence-electron chi connectivity index (χ1n) is 7.75. The maximum absolute atomic E-state index is 12.6. The fourth-order valence-corrected chi connectivity index (χ4v) is 2.49. The Balaban J connectivity index is 1.86. The highest BCUT2D eigenvalue weighted by Gasteiger charge is 2.17. The Morgan fingerprint density at radius 1 is 1.12 bits per heavy atom. The molecular weight excluding hydrogens is 326 g/mol. The Morgan fingerprint density at radius 2 is 1.88 bits per heavy atom. The topological polar surface area (TPSA) is 103 Å². The van der Waals surface area contributed by atoms with Crippen LogP contribution in [0.25, 0.3) is 0 Å². The average Bonchev–Trinajstić information content (AvgIpc) is 2.86. The number of hydrogen-bond acceptors (Lipinski definition) is 6. The van der Waals surface area contributed by atoms with Crippen LogP contribution in [0.3, 0.4) is 0 Å². The number of nitrogens with one attached hydrogen (secondary N) is 2. The molecule has 0 fully saturated rings. The second-order valence-corrected chi connectivity index (χ2v) is 5.40. The molecule has 1 heterocycles. The largest absolute Gasteiger partial charge is 0.490 e. The lowest BCUT2D eigenvalue weighted by Crippen LogP contribution is -2.14. The van der Waals surface area contributed by atoms with Gasteiger partial charge in [0.1, 0.15) is 0 Å². The first-order chi connectivity index (χ1) is 12.1. The van der Waals surface area contributed by atoms with E-state index in [1.807, 2.05) is 0 Å². The molecule has 0 aromatic heterocycles. The van der Waals surface area contributed by atoms with Crippen LogP contribution in [0.1, 0.15) is 16.8 Å². The van der Waals surface area contributed by atoms with Gasteiger partial charge in [-0.15, -0.1) is 0 Å². The van der Waals surface area contributed by atoms with Gasteiger partial charge in [0.2, 0.25) is 0 Å². The van der Waals surface area contributed by atoms with Crippen LogP contribution in [0.4, 0.5) is 17.1 Å². The Bertz CT molecular complexity index is 822. The molecular formula is C17H17N3O5. The lowest BCUT2D eigenvalue weighted by molar-refractivity contribution is -0.384. The van der Waals surface area contributed by atoms with Crippen LogP contribution < -0.4 is 20.1 Å². The molecule has 8 nitrogen and oxygen atoms in total. The Labute approximate surface area is 143 Å². The molecule has 3 rings (SSSR count). The molecule has 1 aliphatic rings. The highest BCUT2D eigenvalue weighted by Crippen LogP contribution is 2.32. The van der Waals surface area contributed by atoms with E-state index in [4.69, 9.17) is 9.47 Å². The van der Waals surface area contributed by atoms with Crippen molar-refractivity contribution in [1.82, 2.24) is 0 Å². The van der Waals surface area contributed by atoms with Crippen LogP contribution in [0.15, 0.2) is 36.4 Å². The number of benzene rings is 2. The zero-order valence-electron chi connectivity index (χ0n) is 13.6. The van der Waals surface area contributed by atoms with Gasteiger partial charge in [-0.05, 0) is 18.2 Å². The van der Waals surface area contributed by atoms with Gasteiger partial charge in [-0.2, -0.15) is 0 Å². The summed E-state index contributed by atoms with van der Waals surface area (Å²) in [6, 6.07) is 9.18. The smallest absolute Gasteiger partial charge is 0.270 e. The first kappa shape index (κ1) is 16.6. The van der Waals surface area contributed by atoms with Gasteiger partial charge in [-0.3, -0.25) is 14.9 Å². The summed E-state index contributed by atoms with van der Waals surface area (Å²) >= 11 is 0. The number of carbonyl (C=O) groups is 1. The van der Waals surface area contributed by atoms with Crippen LogP contribution in [0.2, 0.25) is 0 Å². The lowest BCUT2D eigenvalue weighted by Gasteiger charge is -2.12. The summed E-state index contributed by atoms with van der Waals surface area (Å²) in [6.07, 6.45) is 0.787. The third-order valence-corrected chi connectivity index (χ3v) is 3.73. The number of nitro groups is 1. The first-order valence-corrected chi connectivity index (χ1v) is 7.75. The molecule has 0 spiro atoms. The highest BCUT2D eigenvalue weighted by atomic mass is 16.6. The Kier molecular flexibility index (Phi) is 4.69. The van der Waals surface area contributed by atoms with Crippen LogP contribution in [0, 0.1) is 10.1 Å². The zero-order valence-corrected chi connectivity index (χ0v) is 13.6. The van der Waals surface area contributed by atoms with Gasteiger partial charge >= 0.3 is 0 Å². The number of amides is 1. The van der Waals surface area contributed by atoms with Crippen molar-refractivity contribution < 1.29 is 19.2 Å². The molecule has 0 bridgehead atoms. The molecule has 1 aliphatic heterocycles. The molecule has 2 aromatic carbocycles. The van der Waals surface area contributed by atoms with E-state index in [0.717, 1.165) is 6.42 Å². The normalized spacial score (nSPS) is 12.8. The summed E-state index contributed by atoms with van der Waals surface area (Å²) in [4.78, 5) is 23.0. The van der Waals surface area contributed by atoms with Crippen LogP contribution >= 0.6 is 0 Å². The number of anilines is 2. The maximum Gasteiger partial charge on any atom is 0.270 e. The van der Waals surface area contributed by atoms with Gasteiger partial charge in [0.05, 0.1) is 23.7 Å². The van der Waals surface area contributed by atoms with E-state index in [-0.39, 0.29) is 11.3 Å². The molecule has 0 aliphatic carbocycles. The summed E-state index contributed by atoms with van der Waals surface area (Å²) in [5, 5.41) is 16.5. The van der Waals surface area contributed by atoms with Crippen molar-refractivity contribution in [2.24, 2.45) is 0 Å². The van der Waals surface area contributed by atoms with Gasteiger partial charge in [-0.1, -0.05) is 0 Å². The van der Waals surface area contributed by atoms with E-state index in [1.165, 1.54) is 18.2 Å². The number of nitrogens with zero attached hydrogens (tertiary/aromatic N) is 1. The van der Waals surface area contributed by atoms with Crippen LogP contribution in [0.5, 0.6) is 11.5 Å². The predicted molar refractivity (Wildman–Crippen MR) is 92.6 cm³/mol. The molecule has 0 saturated carbocycles. The third kappa shape index (κ3) is 3.63. The fraction of sp³-hybridized carbons (Fsp3) is 0.235. The van der Waals surface area contributed by atoms with Crippen molar-refractivity contribution in [2.45, 2.75) is 6.42 Å². The number of carbonyl (C=O) groups excluding carboxylic acids is 1. The molecule has 8 heteroatoms. The van der Waals surface area contributed by atoms with E-state index in [2.05, 4.69) is 10.6 Å². The van der Waals surface area contributed by atoms with E-state index >= 15 is 0 Å². The maximum atomic E-state index is 12.6. The van der Waals surface area contributed by atoms with E-state index < -0.39 is 10.8 Å². The van der Waals surface area contributed by atoms with Crippen molar-refractivity contribution in [1.29, 1.82) is 0 Å². The minimum Gasteiger partial charge on any atom is -0.490 e. The number of nitro benzene ring substituents is 1. The summed E-state index contributed by atoms with van der Waals surface area (Å²) in [7, 11) is 1.64. The summed E-state index contributed by atoms with van der Waals surface area (Å²) in [5.74, 6) is 0.729. The Morgan fingerprint density at radius 3 is 2.60 bits per heavy atom. The summed E-state index contributed by atoms with van der Waals surface area (Å²) in [6.45, 7) is 1.12. The minimum absolute atomic E-state index is 0.150. The molecule has 1 amide bonds. The standard InChI is InChI=1S/C17H17N3O5/c1-18-14-5-4-12(20(22)23)10-13(14)17(21)19-11-3-6-15-16(9-11)25-8-2-7-24-15/h3-6,9-10,18H,2,7-8H2,1H3,(H,19,21). The van der Waals surface area contributed by atoms with E-state index in [9.17, 15) is 14.9 Å². The van der Waals surface area contributed by atoms with Gasteiger partial charge in [0.25, 0.3) is 11.6 Å². The van der Waals surface area contributed by atoms with Crippen molar-refractivity contribution in [3.8, 4) is 11.5 Å². The van der Waals surface area contributed by atoms with Crippen molar-refractivity contribution in [3.63, 3.8) is 0 Å². The fourth-order valence-electron chi connectivity index (χ4n) is 2.49. The molecule has 25 heavy (non-hydrogen) atoms. The number of fused-ring (bicyclic) bond motifs is 1. The van der Waals surface area contributed by atoms with Crippen molar-refractivity contribution in [2.75, 3.05) is 30.9 Å². The van der Waals surface area contributed by atoms with E-state index in [0.29, 0.717) is 36.1 Å². The predicted octanol–water partition coefficient (Wildman–Crippen LogP) is 3.05. The lowest BCUT2D eigenvalue weighted by atomic mass is 10.1. The molecule has 130 valence electrons. The average molecular weight is 343 g/mol. The van der Waals surface area contributed by atoms with Crippen molar-refractivity contribution >= 4 is 23.0 Å². The van der Waals surface area contributed by atoms with Gasteiger partial charge < -0.3 is 20.1 Å². The molecule has 0 saturated heterocycles. The minimum atomic E-state index is -0.538. The molecule has 0 unspecified atom stereocenters. The highest BCUT2D eigenvalue weighted by molar-refractivity contribution is 6.08. The summed E-state index contributed by atoms with van der Waals surface area (Å²) in [5.41, 5.74) is 1.05. The number of ether oxygens (including phenoxy) is 2. The second-order valence-electron chi connectivity index (χ2n) is 5.40. The number of hydrogen-bond donors (Lipinski definition) is 2.